The molecule has 1 fully saturated rings. The van der Waals surface area contributed by atoms with Crippen molar-refractivity contribution >= 4 is 11.9 Å². The van der Waals surface area contributed by atoms with E-state index >= 15 is 0 Å². The lowest BCUT2D eigenvalue weighted by Crippen LogP contribution is -2.18. The van der Waals surface area contributed by atoms with Gasteiger partial charge in [-0.05, 0) is 48.8 Å². The van der Waals surface area contributed by atoms with Crippen molar-refractivity contribution in [2.45, 2.75) is 70.6 Å². The van der Waals surface area contributed by atoms with Crippen LogP contribution in [0.1, 0.15) is 96.1 Å². The third-order valence-electron chi connectivity index (χ3n) is 4.84. The number of carboxylic acids is 2. The average molecular weight is 318 g/mol. The van der Waals surface area contributed by atoms with Crippen LogP contribution in [0.15, 0.2) is 12.1 Å². The zero-order chi connectivity index (χ0) is 16.8. The summed E-state index contributed by atoms with van der Waals surface area (Å²) in [5.74, 6) is -2.08. The van der Waals surface area contributed by atoms with Crippen LogP contribution in [0, 0.1) is 0 Å². The topological polar surface area (TPSA) is 74.6 Å². The molecule has 0 radical (unpaired) electrons. The van der Waals surface area contributed by atoms with Crippen molar-refractivity contribution in [1.82, 2.24) is 0 Å². The molecule has 1 aliphatic carbocycles. The first-order valence-electron chi connectivity index (χ1n) is 8.68. The second-order valence-electron chi connectivity index (χ2n) is 6.46. The Morgan fingerprint density at radius 3 is 2.30 bits per heavy atom. The number of unbranched alkanes of at least 4 members (excludes halogenated alkanes) is 2. The van der Waals surface area contributed by atoms with Gasteiger partial charge < -0.3 is 10.2 Å². The molecule has 0 aliphatic heterocycles. The van der Waals surface area contributed by atoms with E-state index in [-0.39, 0.29) is 17.0 Å². The molecule has 1 saturated carbocycles. The van der Waals surface area contributed by atoms with Gasteiger partial charge >= 0.3 is 11.9 Å². The second-order valence-corrected chi connectivity index (χ2v) is 6.46. The molecule has 0 bridgehead atoms. The molecule has 0 unspecified atom stereocenters. The average Bonchev–Trinajstić information content (AvgIpc) is 2.55. The molecule has 1 aliphatic rings. The number of aromatic carboxylic acids is 2. The Morgan fingerprint density at radius 1 is 1.04 bits per heavy atom. The molecule has 0 amide bonds. The normalized spacial score (nSPS) is 15.5. The Bertz CT molecular complexity index is 571. The molecule has 23 heavy (non-hydrogen) atoms. The van der Waals surface area contributed by atoms with E-state index in [0.29, 0.717) is 0 Å². The number of hydrogen-bond acceptors (Lipinski definition) is 2. The smallest absolute Gasteiger partial charge is 0.336 e. The number of carboxylic acid groups (broad SMARTS) is 2. The quantitative estimate of drug-likeness (QED) is 0.704. The van der Waals surface area contributed by atoms with E-state index in [1.165, 1.54) is 12.5 Å². The molecule has 1 aromatic carbocycles. The molecule has 2 rings (SSSR count). The zero-order valence-electron chi connectivity index (χ0n) is 13.8. The summed E-state index contributed by atoms with van der Waals surface area (Å²) in [7, 11) is 0. The minimum atomic E-state index is -1.15. The molecule has 0 heterocycles. The van der Waals surface area contributed by atoms with Crippen LogP contribution >= 0.6 is 0 Å². The van der Waals surface area contributed by atoms with Crippen LogP contribution < -0.4 is 0 Å². The summed E-state index contributed by atoms with van der Waals surface area (Å²) in [5, 5.41) is 19.0. The SMILES string of the molecule is CCCCCc1ccc(C(=O)O)c(C(=O)O)c1C1CCCCC1. The van der Waals surface area contributed by atoms with Crippen molar-refractivity contribution in [3.8, 4) is 0 Å². The highest BCUT2D eigenvalue weighted by molar-refractivity contribution is 6.03. The Morgan fingerprint density at radius 2 is 1.74 bits per heavy atom. The molecule has 0 spiro atoms. The highest BCUT2D eigenvalue weighted by Gasteiger charge is 2.28. The minimum absolute atomic E-state index is 0.0263. The highest BCUT2D eigenvalue weighted by atomic mass is 16.4. The molecule has 0 aromatic heterocycles. The Balaban J connectivity index is 2.50. The van der Waals surface area contributed by atoms with Crippen LogP contribution in [0.5, 0.6) is 0 Å². The van der Waals surface area contributed by atoms with Gasteiger partial charge in [0.25, 0.3) is 0 Å². The van der Waals surface area contributed by atoms with E-state index in [1.807, 2.05) is 6.07 Å². The first-order valence-corrected chi connectivity index (χ1v) is 8.68. The summed E-state index contributed by atoms with van der Waals surface area (Å²) in [6, 6.07) is 3.31. The molecule has 1 aromatic rings. The number of benzene rings is 1. The monoisotopic (exact) mass is 318 g/mol. The van der Waals surface area contributed by atoms with E-state index in [2.05, 4.69) is 6.92 Å². The van der Waals surface area contributed by atoms with E-state index in [4.69, 9.17) is 0 Å². The predicted molar refractivity (Wildman–Crippen MR) is 89.4 cm³/mol. The van der Waals surface area contributed by atoms with Crippen molar-refractivity contribution < 1.29 is 19.8 Å². The van der Waals surface area contributed by atoms with Gasteiger partial charge in [0.05, 0.1) is 11.1 Å². The lowest BCUT2D eigenvalue weighted by Gasteiger charge is -2.27. The molecule has 2 N–H and O–H groups in total. The molecular formula is C19H26O4. The fourth-order valence-electron chi connectivity index (χ4n) is 3.71. The van der Waals surface area contributed by atoms with Crippen LogP contribution in [0.25, 0.3) is 0 Å². The summed E-state index contributed by atoms with van der Waals surface area (Å²) in [6.07, 6.45) is 9.36. The van der Waals surface area contributed by atoms with Crippen molar-refractivity contribution in [3.63, 3.8) is 0 Å². The first kappa shape index (κ1) is 17.5. The molecular weight excluding hydrogens is 292 g/mol. The zero-order valence-corrected chi connectivity index (χ0v) is 13.8. The van der Waals surface area contributed by atoms with Gasteiger partial charge in [0.2, 0.25) is 0 Å². The maximum atomic E-state index is 11.8. The van der Waals surface area contributed by atoms with Gasteiger partial charge in [0.15, 0.2) is 0 Å². The standard InChI is InChI=1S/C19H26O4/c1-2-3-5-8-14-11-12-15(18(20)21)17(19(22)23)16(14)13-9-6-4-7-10-13/h11-13H,2-10H2,1H3,(H,20,21)(H,22,23). The maximum Gasteiger partial charge on any atom is 0.336 e. The lowest BCUT2D eigenvalue weighted by molar-refractivity contribution is 0.0649. The van der Waals surface area contributed by atoms with Crippen LogP contribution in [0.4, 0.5) is 0 Å². The van der Waals surface area contributed by atoms with Crippen LogP contribution in [0.3, 0.4) is 0 Å². The maximum absolute atomic E-state index is 11.8. The number of rotatable bonds is 7. The molecule has 0 saturated heterocycles. The predicted octanol–water partition coefficient (Wildman–Crippen LogP) is 4.86. The highest BCUT2D eigenvalue weighted by Crippen LogP contribution is 2.38. The van der Waals surface area contributed by atoms with Gasteiger partial charge in [0, 0.05) is 0 Å². The summed E-state index contributed by atoms with van der Waals surface area (Å²) < 4.78 is 0. The van der Waals surface area contributed by atoms with Crippen LogP contribution in [0.2, 0.25) is 0 Å². The summed E-state index contributed by atoms with van der Waals surface area (Å²) in [6.45, 7) is 2.14. The van der Waals surface area contributed by atoms with E-state index < -0.39 is 11.9 Å². The van der Waals surface area contributed by atoms with Gasteiger partial charge in [-0.1, -0.05) is 45.1 Å². The van der Waals surface area contributed by atoms with Crippen LogP contribution in [-0.4, -0.2) is 22.2 Å². The molecule has 4 heteroatoms. The Hall–Kier alpha value is -1.84. The number of aryl methyl sites for hydroxylation is 1. The summed E-state index contributed by atoms with van der Waals surface area (Å²) in [4.78, 5) is 23.3. The largest absolute Gasteiger partial charge is 0.478 e. The fourth-order valence-corrected chi connectivity index (χ4v) is 3.71. The van der Waals surface area contributed by atoms with Crippen LogP contribution in [-0.2, 0) is 6.42 Å². The van der Waals surface area contributed by atoms with Gasteiger partial charge in [-0.25, -0.2) is 9.59 Å². The summed E-state index contributed by atoms with van der Waals surface area (Å²) in [5.41, 5.74) is 1.79. The van der Waals surface area contributed by atoms with Crippen molar-refractivity contribution in [2.75, 3.05) is 0 Å². The first-order chi connectivity index (χ1) is 11.1. The fraction of sp³-hybridized carbons (Fsp3) is 0.579. The van der Waals surface area contributed by atoms with Gasteiger partial charge in [-0.3, -0.25) is 0 Å². The third-order valence-corrected chi connectivity index (χ3v) is 4.84. The second kappa shape index (κ2) is 8.14. The minimum Gasteiger partial charge on any atom is -0.478 e. The van der Waals surface area contributed by atoms with E-state index in [9.17, 15) is 19.8 Å². The van der Waals surface area contributed by atoms with Crippen molar-refractivity contribution in [3.05, 3.63) is 34.4 Å². The number of carbonyl (C=O) groups is 2. The van der Waals surface area contributed by atoms with Gasteiger partial charge in [-0.15, -0.1) is 0 Å². The van der Waals surface area contributed by atoms with Gasteiger partial charge in [0.1, 0.15) is 0 Å². The van der Waals surface area contributed by atoms with E-state index in [1.54, 1.807) is 0 Å². The van der Waals surface area contributed by atoms with E-state index in [0.717, 1.165) is 62.5 Å². The summed E-state index contributed by atoms with van der Waals surface area (Å²) >= 11 is 0. The number of hydrogen-bond donors (Lipinski definition) is 2. The third kappa shape index (κ3) is 4.12. The van der Waals surface area contributed by atoms with Crippen molar-refractivity contribution in [1.29, 1.82) is 0 Å². The van der Waals surface area contributed by atoms with Crippen molar-refractivity contribution in [2.24, 2.45) is 0 Å². The Kier molecular flexibility index (Phi) is 6.20. The lowest BCUT2D eigenvalue weighted by atomic mass is 9.78. The molecule has 126 valence electrons. The Labute approximate surface area is 137 Å². The molecule has 0 atom stereocenters. The molecule has 4 nitrogen and oxygen atoms in total. The van der Waals surface area contributed by atoms with Gasteiger partial charge in [-0.2, -0.15) is 0 Å².